The molecule has 17 nitrogen and oxygen atoms in total. The molecule has 0 aliphatic carbocycles. The maximum absolute atomic E-state index is 13.0. The number of esters is 4. The molecule has 0 aromatic carbocycles. The van der Waals surface area contributed by atoms with Gasteiger partial charge in [0.2, 0.25) is 0 Å². The highest BCUT2D eigenvalue weighted by molar-refractivity contribution is 7.47. The SMILES string of the molecule is CC/C=C\C/C=C\C/C=C\C/C=C\C/C=C\CC(=O)OCC(COP(=O)(O)OCC(O)COP(=O)(O)OCC(COC(=O)C/C=C\C/C=C\C/C=C\C/C=C\C/C=C\CC)OC(=O)CCCCCCCCCCCCCCCCC)OC(=O)CCCCCCCCCCCCC. The average molecular weight is 1390 g/mol. The summed E-state index contributed by atoms with van der Waals surface area (Å²) in [6, 6.07) is 0. The second-order valence-corrected chi connectivity index (χ2v) is 27.1. The topological polar surface area (TPSA) is 237 Å². The van der Waals surface area contributed by atoms with Crippen molar-refractivity contribution in [3.63, 3.8) is 0 Å². The van der Waals surface area contributed by atoms with E-state index in [9.17, 15) is 43.2 Å². The number of aliphatic hydroxyl groups excluding tert-OH is 1. The van der Waals surface area contributed by atoms with Crippen LogP contribution in [-0.4, -0.2) is 96.7 Å². The molecule has 0 heterocycles. The van der Waals surface area contributed by atoms with Gasteiger partial charge in [-0.05, 0) is 77.0 Å². The lowest BCUT2D eigenvalue weighted by Crippen LogP contribution is -2.30. The van der Waals surface area contributed by atoms with Gasteiger partial charge in [0.1, 0.15) is 19.3 Å². The first kappa shape index (κ1) is 91.5. The van der Waals surface area contributed by atoms with Crippen LogP contribution in [0, 0.1) is 0 Å². The average Bonchev–Trinajstić information content (AvgIpc) is 1.11. The molecule has 0 amide bonds. The summed E-state index contributed by atoms with van der Waals surface area (Å²) < 4.78 is 68.1. The number of unbranched alkanes of at least 4 members (excludes halogenated alkanes) is 24. The van der Waals surface area contributed by atoms with Gasteiger partial charge >= 0.3 is 39.5 Å². The van der Waals surface area contributed by atoms with Gasteiger partial charge in [-0.3, -0.25) is 37.3 Å². The number of carbonyl (C=O) groups excluding carboxylic acids is 4. The summed E-state index contributed by atoms with van der Waals surface area (Å²) in [6.07, 6.45) is 74.1. The molecule has 0 aromatic heterocycles. The van der Waals surface area contributed by atoms with Crippen LogP contribution in [0.1, 0.15) is 285 Å². The Morgan fingerprint density at radius 3 is 0.792 bits per heavy atom. The largest absolute Gasteiger partial charge is 0.472 e. The molecule has 0 saturated carbocycles. The first-order chi connectivity index (χ1) is 46.7. The molecular formula is C77H130O17P2. The number of hydrogen-bond acceptors (Lipinski definition) is 15. The number of aliphatic hydroxyl groups is 1. The van der Waals surface area contributed by atoms with E-state index in [1.54, 1.807) is 12.2 Å². The summed E-state index contributed by atoms with van der Waals surface area (Å²) >= 11 is 0. The molecule has 96 heavy (non-hydrogen) atoms. The molecule has 0 radical (unpaired) electrons. The Morgan fingerprint density at radius 2 is 0.531 bits per heavy atom. The molecule has 0 bridgehead atoms. The van der Waals surface area contributed by atoms with Crippen LogP contribution in [0.15, 0.2) is 122 Å². The van der Waals surface area contributed by atoms with Gasteiger partial charge in [0.05, 0.1) is 39.3 Å². The van der Waals surface area contributed by atoms with Gasteiger partial charge in [-0.15, -0.1) is 0 Å². The lowest BCUT2D eigenvalue weighted by molar-refractivity contribution is -0.161. The van der Waals surface area contributed by atoms with E-state index < -0.39 is 97.5 Å². The molecule has 0 spiro atoms. The van der Waals surface area contributed by atoms with E-state index in [-0.39, 0.29) is 25.7 Å². The summed E-state index contributed by atoms with van der Waals surface area (Å²) in [5.41, 5.74) is 0. The highest BCUT2D eigenvalue weighted by Gasteiger charge is 2.30. The Kier molecular flexibility index (Phi) is 65.7. The minimum Gasteiger partial charge on any atom is -0.461 e. The molecule has 0 aliphatic rings. The van der Waals surface area contributed by atoms with Crippen LogP contribution >= 0.6 is 15.6 Å². The van der Waals surface area contributed by atoms with Crippen molar-refractivity contribution in [1.29, 1.82) is 0 Å². The van der Waals surface area contributed by atoms with E-state index in [4.69, 9.17) is 37.0 Å². The van der Waals surface area contributed by atoms with Gasteiger partial charge in [0.25, 0.3) is 0 Å². The molecule has 0 saturated heterocycles. The predicted octanol–water partition coefficient (Wildman–Crippen LogP) is 20.8. The number of rotatable bonds is 68. The Hall–Kier alpha value is -4.54. The second-order valence-electron chi connectivity index (χ2n) is 24.2. The first-order valence-corrected chi connectivity index (χ1v) is 39.8. The van der Waals surface area contributed by atoms with Crippen molar-refractivity contribution < 1.29 is 80.2 Å². The molecule has 0 rings (SSSR count). The smallest absolute Gasteiger partial charge is 0.461 e. The van der Waals surface area contributed by atoms with Crippen LogP contribution < -0.4 is 0 Å². The molecule has 19 heteroatoms. The lowest BCUT2D eigenvalue weighted by Gasteiger charge is -2.21. The monoisotopic (exact) mass is 1390 g/mol. The van der Waals surface area contributed by atoms with Crippen LogP contribution in [0.25, 0.3) is 0 Å². The van der Waals surface area contributed by atoms with Crippen LogP contribution in [0.3, 0.4) is 0 Å². The van der Waals surface area contributed by atoms with Crippen molar-refractivity contribution in [3.05, 3.63) is 122 Å². The third-order valence-corrected chi connectivity index (χ3v) is 16.9. The molecule has 0 aliphatic heterocycles. The van der Waals surface area contributed by atoms with Crippen molar-refractivity contribution in [2.24, 2.45) is 0 Å². The van der Waals surface area contributed by atoms with Crippen molar-refractivity contribution in [3.8, 4) is 0 Å². The van der Waals surface area contributed by atoms with Gasteiger partial charge in [-0.2, -0.15) is 0 Å². The normalized spacial score (nSPS) is 14.7. The Morgan fingerprint density at radius 1 is 0.302 bits per heavy atom. The van der Waals surface area contributed by atoms with Gasteiger partial charge in [0, 0.05) is 12.8 Å². The van der Waals surface area contributed by atoms with Crippen molar-refractivity contribution >= 4 is 39.5 Å². The van der Waals surface area contributed by atoms with E-state index >= 15 is 0 Å². The Balaban J connectivity index is 5.45. The first-order valence-electron chi connectivity index (χ1n) is 36.8. The van der Waals surface area contributed by atoms with Gasteiger partial charge in [-0.25, -0.2) is 9.13 Å². The zero-order valence-corrected chi connectivity index (χ0v) is 61.5. The van der Waals surface area contributed by atoms with E-state index in [2.05, 4.69) is 101 Å². The third-order valence-electron chi connectivity index (χ3n) is 15.0. The minimum atomic E-state index is -5.00. The fraction of sp³-hybridized carbons (Fsp3) is 0.688. The number of ether oxygens (including phenoxy) is 4. The van der Waals surface area contributed by atoms with Crippen molar-refractivity contribution in [2.45, 2.75) is 303 Å². The number of phosphoric acid groups is 2. The van der Waals surface area contributed by atoms with Crippen LogP contribution in [0.4, 0.5) is 0 Å². The standard InChI is InChI=1S/C77H130O17P2/c1-5-9-13-17-21-25-29-32-35-38-42-45-49-53-57-61-74(79)87-67-72(93-76(81)63-59-55-51-47-41-28-24-20-16-12-8-4)69-91-95(83,84)89-65-71(78)66-90-96(85,86)92-70-73(94-77(82)64-60-56-52-48-44-40-37-34-31-27-23-19-15-11-7-3)68-88-75(80)62-58-54-50-46-43-39-36-33-30-26-22-18-14-10-6-2/h9-10,13-14,21-22,25-26,32-33,35-36,42-43,45-46,53-54,57-58,71-73,78H,5-8,11-12,15-20,23-24,27-31,34,37-41,44,47-52,55-56,59-70H2,1-4H3,(H,83,84)(H,85,86)/b13-9-,14-10-,25-21-,26-22-,35-32-,36-33-,45-42-,46-43-,57-53-,58-54-. The Labute approximate surface area is 581 Å². The molecule has 550 valence electrons. The van der Waals surface area contributed by atoms with Gasteiger partial charge in [0.15, 0.2) is 12.2 Å². The zero-order chi connectivity index (χ0) is 70.4. The van der Waals surface area contributed by atoms with Crippen LogP contribution in [0.5, 0.6) is 0 Å². The van der Waals surface area contributed by atoms with Gasteiger partial charge < -0.3 is 33.8 Å². The summed E-state index contributed by atoms with van der Waals surface area (Å²) in [6.45, 7) is 4.41. The number of phosphoric ester groups is 2. The van der Waals surface area contributed by atoms with Crippen molar-refractivity contribution in [1.82, 2.24) is 0 Å². The second kappa shape index (κ2) is 69.0. The summed E-state index contributed by atoms with van der Waals surface area (Å²) in [5, 5.41) is 10.6. The fourth-order valence-corrected chi connectivity index (χ4v) is 11.1. The number of allylic oxidation sites excluding steroid dienone is 18. The maximum atomic E-state index is 13.0. The quantitative estimate of drug-likeness (QED) is 0.0169. The van der Waals surface area contributed by atoms with Crippen LogP contribution in [-0.2, 0) is 65.4 Å². The van der Waals surface area contributed by atoms with Gasteiger partial charge in [-0.1, -0.05) is 303 Å². The van der Waals surface area contributed by atoms with E-state index in [1.807, 2.05) is 36.5 Å². The number of hydrogen-bond donors (Lipinski definition) is 3. The highest BCUT2D eigenvalue weighted by atomic mass is 31.2. The molecule has 5 unspecified atom stereocenters. The minimum absolute atomic E-state index is 0.0719. The lowest BCUT2D eigenvalue weighted by atomic mass is 10.0. The highest BCUT2D eigenvalue weighted by Crippen LogP contribution is 2.45. The maximum Gasteiger partial charge on any atom is 0.472 e. The number of carbonyl (C=O) groups is 4. The molecule has 3 N–H and O–H groups in total. The van der Waals surface area contributed by atoms with E-state index in [0.29, 0.717) is 25.7 Å². The summed E-state index contributed by atoms with van der Waals surface area (Å²) in [7, 11) is -9.99. The molecule has 0 aromatic rings. The van der Waals surface area contributed by atoms with E-state index in [0.717, 1.165) is 103 Å². The predicted molar refractivity (Wildman–Crippen MR) is 390 cm³/mol. The molecule has 5 atom stereocenters. The molecular weight excluding hydrogens is 1260 g/mol. The summed E-state index contributed by atoms with van der Waals surface area (Å²) in [5.74, 6) is -2.47. The van der Waals surface area contributed by atoms with Crippen molar-refractivity contribution in [2.75, 3.05) is 39.6 Å². The summed E-state index contributed by atoms with van der Waals surface area (Å²) in [4.78, 5) is 72.6. The molecule has 0 fully saturated rings. The van der Waals surface area contributed by atoms with E-state index in [1.165, 1.54) is 103 Å². The van der Waals surface area contributed by atoms with Crippen LogP contribution in [0.2, 0.25) is 0 Å². The zero-order valence-electron chi connectivity index (χ0n) is 59.8. The third kappa shape index (κ3) is 68.0. The fourth-order valence-electron chi connectivity index (χ4n) is 9.48. The Bertz CT molecular complexity index is 2300.